The van der Waals surface area contributed by atoms with Crippen molar-refractivity contribution in [2.75, 3.05) is 12.3 Å². The molecule has 1 aromatic carbocycles. The zero-order chi connectivity index (χ0) is 11.1. The Morgan fingerprint density at radius 2 is 2.33 bits per heavy atom. The fourth-order valence-electron chi connectivity index (χ4n) is 1.24. The number of hydrogen-bond donors (Lipinski definition) is 2. The molecule has 0 aromatic heterocycles. The van der Waals surface area contributed by atoms with Crippen molar-refractivity contribution in [3.8, 4) is 12.3 Å². The van der Waals surface area contributed by atoms with E-state index in [0.717, 1.165) is 11.3 Å². The van der Waals surface area contributed by atoms with Gasteiger partial charge in [0.1, 0.15) is 0 Å². The maximum absolute atomic E-state index is 11.2. The van der Waals surface area contributed by atoms with Gasteiger partial charge in [0.05, 0.1) is 6.54 Å². The van der Waals surface area contributed by atoms with E-state index in [9.17, 15) is 4.79 Å². The summed E-state index contributed by atoms with van der Waals surface area (Å²) in [7, 11) is 0. The highest BCUT2D eigenvalue weighted by Crippen LogP contribution is 2.08. The second kappa shape index (κ2) is 5.71. The number of hydrogen-bond acceptors (Lipinski definition) is 2. The SMILES string of the molecule is C#CCNC(=O)CCc1cccc(N)c1. The number of terminal acetylenes is 1. The summed E-state index contributed by atoms with van der Waals surface area (Å²) >= 11 is 0. The van der Waals surface area contributed by atoms with Crippen LogP contribution < -0.4 is 11.1 Å². The quantitative estimate of drug-likeness (QED) is 0.564. The fourth-order valence-corrected chi connectivity index (χ4v) is 1.24. The van der Waals surface area contributed by atoms with Gasteiger partial charge in [-0.15, -0.1) is 6.42 Å². The highest BCUT2D eigenvalue weighted by molar-refractivity contribution is 5.76. The van der Waals surface area contributed by atoms with Crippen LogP contribution in [0.4, 0.5) is 5.69 Å². The molecule has 0 aliphatic heterocycles. The van der Waals surface area contributed by atoms with Gasteiger partial charge in [-0.2, -0.15) is 0 Å². The van der Waals surface area contributed by atoms with Crippen LogP contribution in [0.2, 0.25) is 0 Å². The molecule has 0 spiro atoms. The molecule has 0 fully saturated rings. The lowest BCUT2D eigenvalue weighted by Gasteiger charge is -2.02. The highest BCUT2D eigenvalue weighted by Gasteiger charge is 2.00. The Kier molecular flexibility index (Phi) is 4.24. The summed E-state index contributed by atoms with van der Waals surface area (Å²) in [5.41, 5.74) is 7.40. The predicted molar refractivity (Wildman–Crippen MR) is 61.0 cm³/mol. The van der Waals surface area contributed by atoms with Crippen LogP contribution in [0.3, 0.4) is 0 Å². The van der Waals surface area contributed by atoms with Gasteiger partial charge in [0, 0.05) is 12.1 Å². The summed E-state index contributed by atoms with van der Waals surface area (Å²) in [6.07, 6.45) is 6.14. The number of nitrogen functional groups attached to an aromatic ring is 1. The van der Waals surface area contributed by atoms with Crippen LogP contribution in [-0.4, -0.2) is 12.5 Å². The van der Waals surface area contributed by atoms with Crippen molar-refractivity contribution in [3.63, 3.8) is 0 Å². The number of anilines is 1. The van der Waals surface area contributed by atoms with Crippen molar-refractivity contribution in [1.82, 2.24) is 5.32 Å². The van der Waals surface area contributed by atoms with Crippen molar-refractivity contribution in [2.45, 2.75) is 12.8 Å². The van der Waals surface area contributed by atoms with Crippen LogP contribution in [0.15, 0.2) is 24.3 Å². The lowest BCUT2D eigenvalue weighted by atomic mass is 10.1. The van der Waals surface area contributed by atoms with Gasteiger partial charge in [-0.25, -0.2) is 0 Å². The molecule has 1 aromatic rings. The zero-order valence-corrected chi connectivity index (χ0v) is 8.49. The van der Waals surface area contributed by atoms with Crippen LogP contribution in [0.25, 0.3) is 0 Å². The van der Waals surface area contributed by atoms with Crippen LogP contribution >= 0.6 is 0 Å². The molecule has 3 heteroatoms. The molecule has 15 heavy (non-hydrogen) atoms. The minimum absolute atomic E-state index is 0.0321. The first-order chi connectivity index (χ1) is 7.22. The highest BCUT2D eigenvalue weighted by atomic mass is 16.1. The molecule has 0 radical (unpaired) electrons. The molecule has 0 saturated carbocycles. The molecule has 0 aliphatic rings. The fraction of sp³-hybridized carbons (Fsp3) is 0.250. The Labute approximate surface area is 89.7 Å². The van der Waals surface area contributed by atoms with Crippen LogP contribution in [0.5, 0.6) is 0 Å². The van der Waals surface area contributed by atoms with Gasteiger partial charge < -0.3 is 11.1 Å². The van der Waals surface area contributed by atoms with Gasteiger partial charge in [-0.05, 0) is 24.1 Å². The molecule has 78 valence electrons. The Bertz CT molecular complexity index is 379. The van der Waals surface area contributed by atoms with E-state index in [1.54, 1.807) is 0 Å². The van der Waals surface area contributed by atoms with Gasteiger partial charge in [0.2, 0.25) is 5.91 Å². The monoisotopic (exact) mass is 202 g/mol. The molecule has 3 nitrogen and oxygen atoms in total. The number of benzene rings is 1. The Balaban J connectivity index is 2.37. The maximum Gasteiger partial charge on any atom is 0.221 e. The van der Waals surface area contributed by atoms with Gasteiger partial charge >= 0.3 is 0 Å². The zero-order valence-electron chi connectivity index (χ0n) is 8.49. The number of carbonyl (C=O) groups excluding carboxylic acids is 1. The topological polar surface area (TPSA) is 55.1 Å². The summed E-state index contributed by atoms with van der Waals surface area (Å²) < 4.78 is 0. The van der Waals surface area contributed by atoms with E-state index in [1.807, 2.05) is 24.3 Å². The third-order valence-corrected chi connectivity index (χ3v) is 1.98. The van der Waals surface area contributed by atoms with Gasteiger partial charge in [-0.1, -0.05) is 18.1 Å². The molecule has 1 amide bonds. The van der Waals surface area contributed by atoms with E-state index in [0.29, 0.717) is 12.8 Å². The summed E-state index contributed by atoms with van der Waals surface area (Å²) in [5.74, 6) is 2.32. The summed E-state index contributed by atoms with van der Waals surface area (Å²) in [5, 5.41) is 2.61. The van der Waals surface area contributed by atoms with Crippen molar-refractivity contribution >= 4 is 11.6 Å². The van der Waals surface area contributed by atoms with E-state index in [-0.39, 0.29) is 12.5 Å². The number of rotatable bonds is 4. The summed E-state index contributed by atoms with van der Waals surface area (Å²) in [6, 6.07) is 7.52. The normalized spacial score (nSPS) is 9.27. The van der Waals surface area contributed by atoms with Crippen molar-refractivity contribution in [1.29, 1.82) is 0 Å². The Morgan fingerprint density at radius 1 is 1.53 bits per heavy atom. The standard InChI is InChI=1S/C12H14N2O/c1-2-8-14-12(15)7-6-10-4-3-5-11(13)9-10/h1,3-5,9H,6-8,13H2,(H,14,15). The molecular weight excluding hydrogens is 188 g/mol. The third kappa shape index (κ3) is 4.19. The third-order valence-electron chi connectivity index (χ3n) is 1.98. The number of nitrogens with two attached hydrogens (primary N) is 1. The van der Waals surface area contributed by atoms with Crippen LogP contribution in [0, 0.1) is 12.3 Å². The molecule has 0 saturated heterocycles. The second-order valence-corrected chi connectivity index (χ2v) is 3.23. The summed E-state index contributed by atoms with van der Waals surface area (Å²) in [4.78, 5) is 11.2. The molecule has 0 bridgehead atoms. The lowest BCUT2D eigenvalue weighted by Crippen LogP contribution is -2.23. The smallest absolute Gasteiger partial charge is 0.221 e. The lowest BCUT2D eigenvalue weighted by molar-refractivity contribution is -0.120. The van der Waals surface area contributed by atoms with Gasteiger partial charge in [0.25, 0.3) is 0 Å². The van der Waals surface area contributed by atoms with Gasteiger partial charge in [-0.3, -0.25) is 4.79 Å². The van der Waals surface area contributed by atoms with Crippen molar-refractivity contribution < 1.29 is 4.79 Å². The first kappa shape index (κ1) is 11.1. The van der Waals surface area contributed by atoms with Crippen LogP contribution in [-0.2, 0) is 11.2 Å². The number of amides is 1. The molecule has 1 rings (SSSR count). The first-order valence-corrected chi connectivity index (χ1v) is 4.77. The molecule has 0 atom stereocenters. The average molecular weight is 202 g/mol. The van der Waals surface area contributed by atoms with E-state index < -0.39 is 0 Å². The minimum Gasteiger partial charge on any atom is -0.399 e. The van der Waals surface area contributed by atoms with E-state index in [4.69, 9.17) is 12.2 Å². The van der Waals surface area contributed by atoms with E-state index in [1.165, 1.54) is 0 Å². The molecule has 0 aliphatic carbocycles. The number of aryl methyl sites for hydroxylation is 1. The minimum atomic E-state index is -0.0321. The largest absolute Gasteiger partial charge is 0.399 e. The van der Waals surface area contributed by atoms with Crippen LogP contribution in [0.1, 0.15) is 12.0 Å². The Hall–Kier alpha value is -1.95. The van der Waals surface area contributed by atoms with Gasteiger partial charge in [0.15, 0.2) is 0 Å². The van der Waals surface area contributed by atoms with Crippen molar-refractivity contribution in [3.05, 3.63) is 29.8 Å². The first-order valence-electron chi connectivity index (χ1n) is 4.77. The number of nitrogens with one attached hydrogen (secondary N) is 1. The maximum atomic E-state index is 11.2. The van der Waals surface area contributed by atoms with Crippen molar-refractivity contribution in [2.24, 2.45) is 0 Å². The Morgan fingerprint density at radius 3 is 3.00 bits per heavy atom. The van der Waals surface area contributed by atoms with E-state index in [2.05, 4.69) is 11.2 Å². The molecule has 3 N–H and O–H groups in total. The number of carbonyl (C=O) groups is 1. The molecule has 0 unspecified atom stereocenters. The van der Waals surface area contributed by atoms with E-state index >= 15 is 0 Å². The molecular formula is C12H14N2O. The average Bonchev–Trinajstić information content (AvgIpc) is 2.23. The predicted octanol–water partition coefficient (Wildman–Crippen LogP) is 0.951. The summed E-state index contributed by atoms with van der Waals surface area (Å²) in [6.45, 7) is 0.287. The molecule has 0 heterocycles. The second-order valence-electron chi connectivity index (χ2n) is 3.23.